The zero-order valence-corrected chi connectivity index (χ0v) is 8.91. The van der Waals surface area contributed by atoms with E-state index in [1.165, 1.54) is 6.07 Å². The molecule has 0 aromatic carbocycles. The lowest BCUT2D eigenvalue weighted by Crippen LogP contribution is -2.38. The molecule has 15 heavy (non-hydrogen) atoms. The van der Waals surface area contributed by atoms with Crippen molar-refractivity contribution < 1.29 is 4.79 Å². The van der Waals surface area contributed by atoms with E-state index < -0.39 is 0 Å². The molecule has 1 aliphatic heterocycles. The van der Waals surface area contributed by atoms with Gasteiger partial charge >= 0.3 is 0 Å². The summed E-state index contributed by atoms with van der Waals surface area (Å²) in [6.07, 6.45) is 0.829. The molecule has 1 aromatic heterocycles. The van der Waals surface area contributed by atoms with Crippen LogP contribution in [0.3, 0.4) is 0 Å². The lowest BCUT2D eigenvalue weighted by molar-refractivity contribution is -0.116. The number of nitrogens with one attached hydrogen (secondary N) is 1. The number of rotatable bonds is 0. The SMILES string of the molecule is CC(=O)N1C[C@H](C)Cc2[nH]c(=O)ccc21. The molecule has 1 amide bonds. The van der Waals surface area contributed by atoms with E-state index in [1.807, 2.05) is 0 Å². The third-order valence-corrected chi connectivity index (χ3v) is 2.69. The van der Waals surface area contributed by atoms with E-state index in [-0.39, 0.29) is 11.5 Å². The Balaban J connectivity index is 2.51. The van der Waals surface area contributed by atoms with Crippen molar-refractivity contribution >= 4 is 11.6 Å². The molecule has 0 fully saturated rings. The highest BCUT2D eigenvalue weighted by Crippen LogP contribution is 2.26. The van der Waals surface area contributed by atoms with Crippen molar-refractivity contribution in [2.45, 2.75) is 20.3 Å². The molecule has 1 atom stereocenters. The Morgan fingerprint density at radius 1 is 1.53 bits per heavy atom. The Bertz CT molecular complexity index is 450. The van der Waals surface area contributed by atoms with Crippen LogP contribution >= 0.6 is 0 Å². The lowest BCUT2D eigenvalue weighted by Gasteiger charge is -2.31. The molecule has 1 aromatic rings. The van der Waals surface area contributed by atoms with Gasteiger partial charge in [0.25, 0.3) is 0 Å². The monoisotopic (exact) mass is 206 g/mol. The van der Waals surface area contributed by atoms with Crippen LogP contribution in [0.4, 0.5) is 5.69 Å². The highest BCUT2D eigenvalue weighted by atomic mass is 16.2. The predicted molar refractivity (Wildman–Crippen MR) is 58.0 cm³/mol. The Labute approximate surface area is 87.9 Å². The van der Waals surface area contributed by atoms with Crippen molar-refractivity contribution in [2.75, 3.05) is 11.4 Å². The van der Waals surface area contributed by atoms with E-state index in [1.54, 1.807) is 17.9 Å². The van der Waals surface area contributed by atoms with Crippen LogP contribution in [0.2, 0.25) is 0 Å². The van der Waals surface area contributed by atoms with E-state index in [9.17, 15) is 9.59 Å². The van der Waals surface area contributed by atoms with E-state index in [0.717, 1.165) is 24.3 Å². The van der Waals surface area contributed by atoms with Gasteiger partial charge in [0.15, 0.2) is 0 Å². The van der Waals surface area contributed by atoms with Crippen molar-refractivity contribution in [3.05, 3.63) is 28.2 Å². The minimum absolute atomic E-state index is 0.0230. The van der Waals surface area contributed by atoms with E-state index in [0.29, 0.717) is 5.92 Å². The smallest absolute Gasteiger partial charge is 0.248 e. The summed E-state index contributed by atoms with van der Waals surface area (Å²) in [4.78, 5) is 27.1. The number of carbonyl (C=O) groups is 1. The first-order chi connectivity index (χ1) is 7.08. The number of pyridine rings is 1. The van der Waals surface area contributed by atoms with Crippen molar-refractivity contribution in [1.82, 2.24) is 4.98 Å². The topological polar surface area (TPSA) is 53.2 Å². The van der Waals surface area contributed by atoms with E-state index in [4.69, 9.17) is 0 Å². The van der Waals surface area contributed by atoms with Crippen LogP contribution in [0.1, 0.15) is 19.5 Å². The molecule has 0 spiro atoms. The lowest BCUT2D eigenvalue weighted by atomic mass is 9.98. The number of fused-ring (bicyclic) bond motifs is 1. The summed E-state index contributed by atoms with van der Waals surface area (Å²) < 4.78 is 0. The van der Waals surface area contributed by atoms with E-state index >= 15 is 0 Å². The minimum atomic E-state index is -0.105. The Kier molecular flexibility index (Phi) is 2.34. The second kappa shape index (κ2) is 3.53. The fourth-order valence-electron chi connectivity index (χ4n) is 2.04. The fraction of sp³-hybridized carbons (Fsp3) is 0.455. The third kappa shape index (κ3) is 1.79. The Morgan fingerprint density at radius 3 is 2.93 bits per heavy atom. The highest BCUT2D eigenvalue weighted by molar-refractivity contribution is 5.92. The summed E-state index contributed by atoms with van der Waals surface area (Å²) in [5, 5.41) is 0. The summed E-state index contributed by atoms with van der Waals surface area (Å²) in [7, 11) is 0. The van der Waals surface area contributed by atoms with Gasteiger partial charge in [-0.1, -0.05) is 6.92 Å². The summed E-state index contributed by atoms with van der Waals surface area (Å²) >= 11 is 0. The fourth-order valence-corrected chi connectivity index (χ4v) is 2.04. The van der Waals surface area contributed by atoms with Crippen LogP contribution < -0.4 is 10.5 Å². The molecule has 4 heteroatoms. The highest BCUT2D eigenvalue weighted by Gasteiger charge is 2.24. The van der Waals surface area contributed by atoms with Gasteiger partial charge in [-0.3, -0.25) is 9.59 Å². The second-order valence-electron chi connectivity index (χ2n) is 4.13. The van der Waals surface area contributed by atoms with Gasteiger partial charge in [-0.2, -0.15) is 0 Å². The van der Waals surface area contributed by atoms with Crippen LogP contribution in [0.25, 0.3) is 0 Å². The number of aromatic amines is 1. The molecule has 1 aliphatic rings. The third-order valence-electron chi connectivity index (χ3n) is 2.69. The molecule has 1 N–H and O–H groups in total. The summed E-state index contributed by atoms with van der Waals surface area (Å²) in [5.41, 5.74) is 1.61. The molecule has 2 rings (SSSR count). The van der Waals surface area contributed by atoms with Crippen LogP contribution in [0, 0.1) is 5.92 Å². The van der Waals surface area contributed by atoms with Crippen LogP contribution in [-0.4, -0.2) is 17.4 Å². The first-order valence-electron chi connectivity index (χ1n) is 5.08. The molecule has 0 saturated carbocycles. The number of nitrogens with zero attached hydrogens (tertiary/aromatic N) is 1. The van der Waals surface area contributed by atoms with Gasteiger partial charge in [0.2, 0.25) is 11.5 Å². The molecular formula is C11H14N2O2. The number of H-pyrrole nitrogens is 1. The summed E-state index contributed by atoms with van der Waals surface area (Å²) in [5.74, 6) is 0.411. The molecule has 4 nitrogen and oxygen atoms in total. The van der Waals surface area contributed by atoms with Gasteiger partial charge in [0.1, 0.15) is 0 Å². The normalized spacial score (nSPS) is 19.9. The van der Waals surface area contributed by atoms with Gasteiger partial charge < -0.3 is 9.88 Å². The second-order valence-corrected chi connectivity index (χ2v) is 4.13. The maximum atomic E-state index is 11.4. The maximum Gasteiger partial charge on any atom is 0.248 e. The quantitative estimate of drug-likeness (QED) is 0.686. The zero-order chi connectivity index (χ0) is 11.0. The average Bonchev–Trinajstić information content (AvgIpc) is 2.15. The number of carbonyl (C=O) groups excluding carboxylic acids is 1. The summed E-state index contributed by atoms with van der Waals surface area (Å²) in [6.45, 7) is 4.35. The first-order valence-corrected chi connectivity index (χ1v) is 5.08. The first kappa shape index (κ1) is 9.96. The van der Waals surface area contributed by atoms with Crippen molar-refractivity contribution in [2.24, 2.45) is 5.92 Å². The minimum Gasteiger partial charge on any atom is -0.324 e. The van der Waals surface area contributed by atoms with Crippen molar-refractivity contribution in [3.8, 4) is 0 Å². The number of anilines is 1. The van der Waals surface area contributed by atoms with Gasteiger partial charge in [0.05, 0.1) is 5.69 Å². The zero-order valence-electron chi connectivity index (χ0n) is 8.91. The van der Waals surface area contributed by atoms with Crippen LogP contribution in [0.5, 0.6) is 0 Å². The van der Waals surface area contributed by atoms with Gasteiger partial charge in [-0.25, -0.2) is 0 Å². The number of hydrogen-bond acceptors (Lipinski definition) is 2. The maximum absolute atomic E-state index is 11.4. The van der Waals surface area contributed by atoms with Gasteiger partial charge in [0, 0.05) is 25.2 Å². The number of hydrogen-bond donors (Lipinski definition) is 1. The number of amides is 1. The van der Waals surface area contributed by atoms with Crippen LogP contribution in [-0.2, 0) is 11.2 Å². The summed E-state index contributed by atoms with van der Waals surface area (Å²) in [6, 6.07) is 3.19. The van der Waals surface area contributed by atoms with Gasteiger partial charge in [-0.05, 0) is 18.4 Å². The molecule has 0 saturated heterocycles. The molecule has 80 valence electrons. The molecular weight excluding hydrogens is 192 g/mol. The van der Waals surface area contributed by atoms with E-state index in [2.05, 4.69) is 11.9 Å². The standard InChI is InChI=1S/C11H14N2O2/c1-7-5-9-10(3-4-11(15)12-9)13(6-7)8(2)14/h3-4,7H,5-6H2,1-2H3,(H,12,15)/t7-/m1/s1. The Morgan fingerprint density at radius 2 is 2.27 bits per heavy atom. The Hall–Kier alpha value is -1.58. The molecule has 0 radical (unpaired) electrons. The number of aromatic nitrogens is 1. The van der Waals surface area contributed by atoms with Crippen molar-refractivity contribution in [3.63, 3.8) is 0 Å². The molecule has 0 unspecified atom stereocenters. The largest absolute Gasteiger partial charge is 0.324 e. The average molecular weight is 206 g/mol. The molecule has 0 aliphatic carbocycles. The van der Waals surface area contributed by atoms with Gasteiger partial charge in [-0.15, -0.1) is 0 Å². The predicted octanol–water partition coefficient (Wildman–Crippen LogP) is 0.920. The van der Waals surface area contributed by atoms with Crippen molar-refractivity contribution in [1.29, 1.82) is 0 Å². The van der Waals surface area contributed by atoms with Crippen LogP contribution in [0.15, 0.2) is 16.9 Å². The molecule has 2 heterocycles. The molecule has 0 bridgehead atoms.